The van der Waals surface area contributed by atoms with E-state index < -0.39 is 0 Å². The van der Waals surface area contributed by atoms with Gasteiger partial charge in [0.05, 0.1) is 7.11 Å². The van der Waals surface area contributed by atoms with Gasteiger partial charge in [-0.1, -0.05) is 30.3 Å². The molecule has 162 valence electrons. The number of hydrogen-bond acceptors (Lipinski definition) is 7. The fourth-order valence-electron chi connectivity index (χ4n) is 3.37. The number of anilines is 2. The molecule has 0 spiro atoms. The number of oxazole rings is 1. The van der Waals surface area contributed by atoms with Gasteiger partial charge in [0.25, 0.3) is 5.89 Å². The van der Waals surface area contributed by atoms with E-state index in [1.54, 1.807) is 31.4 Å². The number of ether oxygens (including phenoxy) is 2. The minimum atomic E-state index is 0.131. The summed E-state index contributed by atoms with van der Waals surface area (Å²) in [6, 6.07) is 26.9. The first-order valence-electron chi connectivity index (χ1n) is 10.2. The number of furan rings is 1. The average molecular weight is 437 g/mol. The summed E-state index contributed by atoms with van der Waals surface area (Å²) < 4.78 is 22.6. The minimum absolute atomic E-state index is 0.131. The highest BCUT2D eigenvalue weighted by Crippen LogP contribution is 2.30. The van der Waals surface area contributed by atoms with Crippen LogP contribution in [0.25, 0.3) is 22.4 Å². The largest absolute Gasteiger partial charge is 0.497 e. The minimum Gasteiger partial charge on any atom is -0.497 e. The van der Waals surface area contributed by atoms with Crippen LogP contribution in [0.15, 0.2) is 87.7 Å². The lowest BCUT2D eigenvalue weighted by Crippen LogP contribution is -1.93. The van der Waals surface area contributed by atoms with Crippen molar-refractivity contribution >= 4 is 22.3 Å². The topological polar surface area (TPSA) is 93.4 Å². The molecule has 0 unspecified atom stereocenters. The zero-order chi connectivity index (χ0) is 22.6. The van der Waals surface area contributed by atoms with E-state index in [1.165, 1.54) is 0 Å². The molecule has 5 aromatic rings. The fourth-order valence-corrected chi connectivity index (χ4v) is 3.37. The van der Waals surface area contributed by atoms with E-state index in [1.807, 2.05) is 54.6 Å². The SMILES string of the molecule is COc1ccc(Nc2oc(-c3ccc(COc4ccc5ccccc5c4)o3)nc2C#N)cc1. The maximum Gasteiger partial charge on any atom is 0.266 e. The molecule has 0 radical (unpaired) electrons. The number of rotatable bonds is 7. The second kappa shape index (κ2) is 8.81. The lowest BCUT2D eigenvalue weighted by molar-refractivity contribution is 0.271. The summed E-state index contributed by atoms with van der Waals surface area (Å²) in [6.07, 6.45) is 0. The van der Waals surface area contributed by atoms with Gasteiger partial charge in [0.1, 0.15) is 29.9 Å². The molecule has 0 aliphatic rings. The van der Waals surface area contributed by atoms with Gasteiger partial charge >= 0.3 is 0 Å². The molecular weight excluding hydrogens is 418 g/mol. The second-order valence-corrected chi connectivity index (χ2v) is 7.23. The zero-order valence-electron chi connectivity index (χ0n) is 17.7. The van der Waals surface area contributed by atoms with E-state index in [4.69, 9.17) is 18.3 Å². The fraction of sp³-hybridized carbons (Fsp3) is 0.0769. The summed E-state index contributed by atoms with van der Waals surface area (Å²) in [5.41, 5.74) is 0.866. The average Bonchev–Trinajstić information content (AvgIpc) is 3.50. The summed E-state index contributed by atoms with van der Waals surface area (Å²) >= 11 is 0. The Balaban J connectivity index is 1.30. The van der Waals surface area contributed by atoms with Gasteiger partial charge < -0.3 is 23.6 Å². The summed E-state index contributed by atoms with van der Waals surface area (Å²) in [5, 5.41) is 14.8. The monoisotopic (exact) mass is 437 g/mol. The van der Waals surface area contributed by atoms with Crippen molar-refractivity contribution in [2.24, 2.45) is 0 Å². The van der Waals surface area contributed by atoms with E-state index >= 15 is 0 Å². The lowest BCUT2D eigenvalue weighted by Gasteiger charge is -2.05. The van der Waals surface area contributed by atoms with Crippen molar-refractivity contribution in [2.45, 2.75) is 6.61 Å². The predicted octanol–water partition coefficient (Wildman–Crippen LogP) is 6.29. The van der Waals surface area contributed by atoms with Crippen LogP contribution in [-0.2, 0) is 6.61 Å². The molecule has 1 N–H and O–H groups in total. The Morgan fingerprint density at radius 3 is 2.48 bits per heavy atom. The number of aromatic nitrogens is 1. The summed E-state index contributed by atoms with van der Waals surface area (Å²) in [5.74, 6) is 2.95. The molecule has 0 aliphatic carbocycles. The Hall–Kier alpha value is -4.70. The van der Waals surface area contributed by atoms with E-state index in [9.17, 15) is 5.26 Å². The number of nitrogens with zero attached hydrogens (tertiary/aromatic N) is 2. The highest BCUT2D eigenvalue weighted by Gasteiger charge is 2.18. The van der Waals surface area contributed by atoms with Crippen molar-refractivity contribution in [1.82, 2.24) is 4.98 Å². The molecule has 33 heavy (non-hydrogen) atoms. The van der Waals surface area contributed by atoms with Crippen LogP contribution in [0, 0.1) is 11.3 Å². The first-order valence-corrected chi connectivity index (χ1v) is 10.2. The molecular formula is C26H19N3O4. The number of nitrogens with one attached hydrogen (secondary N) is 1. The Morgan fingerprint density at radius 2 is 1.70 bits per heavy atom. The van der Waals surface area contributed by atoms with Crippen molar-refractivity contribution in [3.63, 3.8) is 0 Å². The van der Waals surface area contributed by atoms with Crippen LogP contribution in [0.4, 0.5) is 11.6 Å². The van der Waals surface area contributed by atoms with E-state index in [0.717, 1.165) is 28.0 Å². The van der Waals surface area contributed by atoms with Crippen LogP contribution in [-0.4, -0.2) is 12.1 Å². The molecule has 0 atom stereocenters. The highest BCUT2D eigenvalue weighted by molar-refractivity contribution is 5.83. The first kappa shape index (κ1) is 20.2. The third-order valence-corrected chi connectivity index (χ3v) is 5.06. The maximum absolute atomic E-state index is 9.45. The van der Waals surface area contributed by atoms with Crippen LogP contribution in [0.3, 0.4) is 0 Å². The summed E-state index contributed by atoms with van der Waals surface area (Å²) in [4.78, 5) is 4.25. The van der Waals surface area contributed by atoms with Crippen molar-refractivity contribution in [1.29, 1.82) is 5.26 Å². The van der Waals surface area contributed by atoms with Crippen molar-refractivity contribution in [3.05, 3.63) is 90.3 Å². The van der Waals surface area contributed by atoms with Crippen molar-refractivity contribution in [2.75, 3.05) is 12.4 Å². The summed E-state index contributed by atoms with van der Waals surface area (Å²) in [7, 11) is 1.60. The third-order valence-electron chi connectivity index (χ3n) is 5.06. The predicted molar refractivity (Wildman–Crippen MR) is 123 cm³/mol. The molecule has 5 rings (SSSR count). The second-order valence-electron chi connectivity index (χ2n) is 7.23. The zero-order valence-corrected chi connectivity index (χ0v) is 17.7. The van der Waals surface area contributed by atoms with Gasteiger partial charge in [0, 0.05) is 5.69 Å². The maximum atomic E-state index is 9.45. The molecule has 0 aliphatic heterocycles. The van der Waals surface area contributed by atoms with E-state index in [-0.39, 0.29) is 24.1 Å². The molecule has 3 aromatic carbocycles. The molecule has 7 nitrogen and oxygen atoms in total. The Morgan fingerprint density at radius 1 is 0.909 bits per heavy atom. The molecule has 0 bridgehead atoms. The van der Waals surface area contributed by atoms with Gasteiger partial charge in [-0.3, -0.25) is 0 Å². The van der Waals surface area contributed by atoms with Crippen LogP contribution in [0.2, 0.25) is 0 Å². The van der Waals surface area contributed by atoms with Crippen molar-refractivity contribution in [3.8, 4) is 29.2 Å². The quantitative estimate of drug-likeness (QED) is 0.320. The number of fused-ring (bicyclic) bond motifs is 1. The molecule has 2 aromatic heterocycles. The van der Waals surface area contributed by atoms with Crippen LogP contribution >= 0.6 is 0 Å². The third kappa shape index (κ3) is 4.36. The number of nitriles is 1. The molecule has 0 amide bonds. The molecule has 0 fully saturated rings. The number of hydrogen-bond donors (Lipinski definition) is 1. The van der Waals surface area contributed by atoms with Gasteiger partial charge in [0.15, 0.2) is 5.76 Å². The Labute approximate surface area is 189 Å². The Kier molecular flexibility index (Phi) is 5.40. The van der Waals surface area contributed by atoms with Gasteiger partial charge in [-0.15, -0.1) is 0 Å². The normalized spacial score (nSPS) is 10.7. The molecule has 2 heterocycles. The Bertz CT molecular complexity index is 1440. The van der Waals surface area contributed by atoms with Crippen LogP contribution in [0.1, 0.15) is 11.5 Å². The van der Waals surface area contributed by atoms with Crippen molar-refractivity contribution < 1.29 is 18.3 Å². The van der Waals surface area contributed by atoms with Gasteiger partial charge in [-0.05, 0) is 59.3 Å². The summed E-state index contributed by atoms with van der Waals surface area (Å²) in [6.45, 7) is 0.251. The first-order chi connectivity index (χ1) is 16.2. The van der Waals surface area contributed by atoms with Gasteiger partial charge in [-0.2, -0.15) is 10.2 Å². The number of methoxy groups -OCH3 is 1. The number of benzene rings is 3. The van der Waals surface area contributed by atoms with E-state index in [0.29, 0.717) is 11.5 Å². The van der Waals surface area contributed by atoms with Gasteiger partial charge in [0.2, 0.25) is 11.6 Å². The molecule has 0 saturated heterocycles. The van der Waals surface area contributed by atoms with E-state index in [2.05, 4.69) is 16.4 Å². The lowest BCUT2D eigenvalue weighted by atomic mass is 10.1. The standard InChI is InChI=1S/C26H19N3O4/c1-30-20-10-7-19(8-11-20)28-25-23(15-27)29-26(33-25)24-13-12-22(32-24)16-31-21-9-6-17-4-2-3-5-18(17)14-21/h2-14,28H,16H2,1H3. The van der Waals surface area contributed by atoms with Crippen LogP contribution in [0.5, 0.6) is 11.5 Å². The van der Waals surface area contributed by atoms with Crippen LogP contribution < -0.4 is 14.8 Å². The molecule has 7 heteroatoms. The highest BCUT2D eigenvalue weighted by atomic mass is 16.5. The molecule has 0 saturated carbocycles. The smallest absolute Gasteiger partial charge is 0.266 e. The van der Waals surface area contributed by atoms with Gasteiger partial charge in [-0.25, -0.2) is 0 Å².